The first-order valence-corrected chi connectivity index (χ1v) is 5.63. The molecule has 4 heteroatoms. The second kappa shape index (κ2) is 6.23. The standard InChI is InChI=1S/C11H16BrNO2/c1-13(10(7-14)8-15)6-9-4-2-3-5-11(9)12/h2-5,10,14-15H,6-8H2,1H3. The van der Waals surface area contributed by atoms with E-state index in [0.29, 0.717) is 6.54 Å². The summed E-state index contributed by atoms with van der Waals surface area (Å²) in [7, 11) is 1.89. The first-order chi connectivity index (χ1) is 7.19. The third-order valence-electron chi connectivity index (χ3n) is 2.42. The fraction of sp³-hybridized carbons (Fsp3) is 0.455. The Labute approximate surface area is 98.5 Å². The molecule has 1 aromatic rings. The van der Waals surface area contributed by atoms with Crippen LogP contribution in [0.3, 0.4) is 0 Å². The van der Waals surface area contributed by atoms with E-state index in [-0.39, 0.29) is 19.3 Å². The van der Waals surface area contributed by atoms with E-state index in [0.717, 1.165) is 10.0 Å². The Morgan fingerprint density at radius 3 is 2.40 bits per heavy atom. The molecule has 0 aliphatic carbocycles. The van der Waals surface area contributed by atoms with Crippen LogP contribution in [0.5, 0.6) is 0 Å². The molecule has 1 rings (SSSR count). The van der Waals surface area contributed by atoms with Crippen LogP contribution in [0.1, 0.15) is 5.56 Å². The van der Waals surface area contributed by atoms with Crippen LogP contribution >= 0.6 is 15.9 Å². The van der Waals surface area contributed by atoms with E-state index in [1.165, 1.54) is 0 Å². The van der Waals surface area contributed by atoms with E-state index in [4.69, 9.17) is 10.2 Å². The van der Waals surface area contributed by atoms with Gasteiger partial charge in [0.2, 0.25) is 0 Å². The number of nitrogens with zero attached hydrogens (tertiary/aromatic N) is 1. The Morgan fingerprint density at radius 2 is 1.87 bits per heavy atom. The van der Waals surface area contributed by atoms with Crippen LogP contribution in [0.25, 0.3) is 0 Å². The lowest BCUT2D eigenvalue weighted by Gasteiger charge is -2.24. The molecule has 0 aromatic heterocycles. The number of rotatable bonds is 5. The highest BCUT2D eigenvalue weighted by molar-refractivity contribution is 9.10. The molecule has 2 N–H and O–H groups in total. The molecule has 0 unspecified atom stereocenters. The summed E-state index contributed by atoms with van der Waals surface area (Å²) < 4.78 is 1.05. The van der Waals surface area contributed by atoms with Crippen LogP contribution in [-0.2, 0) is 6.54 Å². The molecule has 0 amide bonds. The molecule has 0 heterocycles. The Morgan fingerprint density at radius 1 is 1.27 bits per heavy atom. The summed E-state index contributed by atoms with van der Waals surface area (Å²) >= 11 is 3.47. The van der Waals surface area contributed by atoms with E-state index in [9.17, 15) is 0 Å². The Bertz CT molecular complexity index is 302. The Hall–Kier alpha value is -0.420. The summed E-state index contributed by atoms with van der Waals surface area (Å²) in [5, 5.41) is 18.1. The maximum atomic E-state index is 9.03. The normalized spacial score (nSPS) is 11.3. The van der Waals surface area contributed by atoms with Crippen LogP contribution < -0.4 is 0 Å². The van der Waals surface area contributed by atoms with Crippen LogP contribution in [-0.4, -0.2) is 41.4 Å². The number of likely N-dealkylation sites (N-methyl/N-ethyl adjacent to an activating group) is 1. The topological polar surface area (TPSA) is 43.7 Å². The second-order valence-electron chi connectivity index (χ2n) is 3.53. The average molecular weight is 274 g/mol. The molecule has 0 saturated heterocycles. The summed E-state index contributed by atoms with van der Waals surface area (Å²) in [6.07, 6.45) is 0. The molecule has 0 spiro atoms. The van der Waals surface area contributed by atoms with Crippen molar-refractivity contribution in [1.82, 2.24) is 4.90 Å². The molecule has 0 fully saturated rings. The van der Waals surface area contributed by atoms with Gasteiger partial charge in [0, 0.05) is 11.0 Å². The van der Waals surface area contributed by atoms with Crippen LogP contribution in [0.4, 0.5) is 0 Å². The van der Waals surface area contributed by atoms with Gasteiger partial charge in [-0.2, -0.15) is 0 Å². The van der Waals surface area contributed by atoms with E-state index < -0.39 is 0 Å². The minimum Gasteiger partial charge on any atom is -0.395 e. The van der Waals surface area contributed by atoms with Crippen molar-refractivity contribution < 1.29 is 10.2 Å². The number of benzene rings is 1. The predicted octanol–water partition coefficient (Wildman–Crippen LogP) is 1.23. The van der Waals surface area contributed by atoms with Gasteiger partial charge >= 0.3 is 0 Å². The van der Waals surface area contributed by atoms with Crippen LogP contribution in [0.15, 0.2) is 28.7 Å². The van der Waals surface area contributed by atoms with Gasteiger partial charge in [0.15, 0.2) is 0 Å². The zero-order valence-corrected chi connectivity index (χ0v) is 10.3. The quantitative estimate of drug-likeness (QED) is 0.849. The molecule has 84 valence electrons. The lowest BCUT2D eigenvalue weighted by atomic mass is 10.2. The summed E-state index contributed by atoms with van der Waals surface area (Å²) in [6, 6.07) is 7.74. The molecule has 3 nitrogen and oxygen atoms in total. The van der Waals surface area contributed by atoms with Crippen molar-refractivity contribution in [2.75, 3.05) is 20.3 Å². The second-order valence-corrected chi connectivity index (χ2v) is 4.38. The van der Waals surface area contributed by atoms with E-state index in [1.54, 1.807) is 0 Å². The van der Waals surface area contributed by atoms with Crippen molar-refractivity contribution in [3.8, 4) is 0 Å². The SMILES string of the molecule is CN(Cc1ccccc1Br)C(CO)CO. The molecule has 0 radical (unpaired) electrons. The predicted molar refractivity (Wildman–Crippen MR) is 63.6 cm³/mol. The number of aliphatic hydroxyl groups excluding tert-OH is 2. The Kier molecular flexibility index (Phi) is 5.25. The van der Waals surface area contributed by atoms with E-state index in [2.05, 4.69) is 15.9 Å². The average Bonchev–Trinajstić information content (AvgIpc) is 2.23. The highest BCUT2D eigenvalue weighted by atomic mass is 79.9. The number of hydrogen-bond acceptors (Lipinski definition) is 3. The molecular formula is C11H16BrNO2. The van der Waals surface area contributed by atoms with Gasteiger partial charge in [0.1, 0.15) is 0 Å². The fourth-order valence-electron chi connectivity index (χ4n) is 1.36. The summed E-state index contributed by atoms with van der Waals surface area (Å²) in [5.41, 5.74) is 1.15. The van der Waals surface area contributed by atoms with Gasteiger partial charge < -0.3 is 10.2 Å². The van der Waals surface area contributed by atoms with Gasteiger partial charge in [-0.1, -0.05) is 34.1 Å². The third kappa shape index (κ3) is 3.57. The number of halogens is 1. The molecule has 0 aliphatic rings. The molecule has 15 heavy (non-hydrogen) atoms. The maximum Gasteiger partial charge on any atom is 0.0609 e. The Balaban J connectivity index is 2.65. The molecule has 0 atom stereocenters. The van der Waals surface area contributed by atoms with Crippen LogP contribution in [0, 0.1) is 0 Å². The summed E-state index contributed by atoms with van der Waals surface area (Å²) in [5.74, 6) is 0. The molecule has 0 aliphatic heterocycles. The van der Waals surface area contributed by atoms with Crippen molar-refractivity contribution in [3.05, 3.63) is 34.3 Å². The smallest absolute Gasteiger partial charge is 0.0609 e. The summed E-state index contributed by atoms with van der Waals surface area (Å²) in [6.45, 7) is 0.641. The maximum absolute atomic E-state index is 9.03. The molecule has 0 bridgehead atoms. The molecule has 0 saturated carbocycles. The van der Waals surface area contributed by atoms with Crippen molar-refractivity contribution in [2.45, 2.75) is 12.6 Å². The minimum atomic E-state index is -0.197. The molecular weight excluding hydrogens is 258 g/mol. The van der Waals surface area contributed by atoms with Gasteiger partial charge in [0.25, 0.3) is 0 Å². The minimum absolute atomic E-state index is 0.0303. The highest BCUT2D eigenvalue weighted by Crippen LogP contribution is 2.17. The van der Waals surface area contributed by atoms with E-state index >= 15 is 0 Å². The summed E-state index contributed by atoms with van der Waals surface area (Å²) in [4.78, 5) is 1.93. The lowest BCUT2D eigenvalue weighted by Crippen LogP contribution is -2.37. The van der Waals surface area contributed by atoms with Crippen molar-refractivity contribution in [1.29, 1.82) is 0 Å². The molecule has 1 aromatic carbocycles. The third-order valence-corrected chi connectivity index (χ3v) is 3.20. The van der Waals surface area contributed by atoms with Crippen molar-refractivity contribution in [3.63, 3.8) is 0 Å². The largest absolute Gasteiger partial charge is 0.395 e. The van der Waals surface area contributed by atoms with E-state index in [1.807, 2.05) is 36.2 Å². The van der Waals surface area contributed by atoms with Gasteiger partial charge in [-0.3, -0.25) is 4.90 Å². The zero-order valence-electron chi connectivity index (χ0n) is 8.73. The first-order valence-electron chi connectivity index (χ1n) is 4.84. The zero-order chi connectivity index (χ0) is 11.3. The van der Waals surface area contributed by atoms with Crippen LogP contribution in [0.2, 0.25) is 0 Å². The van der Waals surface area contributed by atoms with Gasteiger partial charge in [-0.15, -0.1) is 0 Å². The monoisotopic (exact) mass is 273 g/mol. The lowest BCUT2D eigenvalue weighted by molar-refractivity contribution is 0.0872. The van der Waals surface area contributed by atoms with Gasteiger partial charge in [-0.25, -0.2) is 0 Å². The van der Waals surface area contributed by atoms with Crippen molar-refractivity contribution >= 4 is 15.9 Å². The van der Waals surface area contributed by atoms with Crippen molar-refractivity contribution in [2.24, 2.45) is 0 Å². The highest BCUT2D eigenvalue weighted by Gasteiger charge is 2.13. The fourth-order valence-corrected chi connectivity index (χ4v) is 1.77. The first kappa shape index (κ1) is 12.6. The number of hydrogen-bond donors (Lipinski definition) is 2. The van der Waals surface area contributed by atoms with Gasteiger partial charge in [0.05, 0.1) is 19.3 Å². The van der Waals surface area contributed by atoms with Gasteiger partial charge in [-0.05, 0) is 18.7 Å². The number of aliphatic hydroxyl groups is 2.